The van der Waals surface area contributed by atoms with Crippen LogP contribution in [0.1, 0.15) is 40.8 Å². The van der Waals surface area contributed by atoms with Crippen molar-refractivity contribution in [1.29, 1.82) is 0 Å². The normalized spacial score (nSPS) is 14.4. The maximum absolute atomic E-state index is 12.0. The number of amides is 1. The number of rotatable bonds is 3. The lowest BCUT2D eigenvalue weighted by Gasteiger charge is -2.07. The van der Waals surface area contributed by atoms with E-state index in [0.717, 1.165) is 24.2 Å². The predicted octanol–water partition coefficient (Wildman–Crippen LogP) is 2.90. The molecule has 0 radical (unpaired) electrons. The van der Waals surface area contributed by atoms with Crippen LogP contribution in [0, 0.1) is 6.92 Å². The SMILES string of the molecule is Cc1c(Cl)cccc1NC(=O)c1n[nH]c(C2CC2)n1. The van der Waals surface area contributed by atoms with Gasteiger partial charge >= 0.3 is 0 Å². The van der Waals surface area contributed by atoms with Gasteiger partial charge in [-0.15, -0.1) is 5.10 Å². The third-order valence-electron chi connectivity index (χ3n) is 3.19. The van der Waals surface area contributed by atoms with Gasteiger partial charge < -0.3 is 5.32 Å². The second-order valence-electron chi connectivity index (χ2n) is 4.69. The average molecular weight is 277 g/mol. The van der Waals surface area contributed by atoms with Gasteiger partial charge in [0.05, 0.1) is 0 Å². The Labute approximate surface area is 115 Å². The van der Waals surface area contributed by atoms with E-state index in [1.54, 1.807) is 18.2 Å². The minimum atomic E-state index is -0.325. The Morgan fingerprint density at radius 3 is 3.00 bits per heavy atom. The molecule has 0 spiro atoms. The van der Waals surface area contributed by atoms with Crippen LogP contribution in [0.5, 0.6) is 0 Å². The Morgan fingerprint density at radius 1 is 1.47 bits per heavy atom. The van der Waals surface area contributed by atoms with E-state index in [1.165, 1.54) is 0 Å². The number of nitrogens with one attached hydrogen (secondary N) is 2. The number of halogens is 1. The van der Waals surface area contributed by atoms with Crippen molar-refractivity contribution < 1.29 is 4.79 Å². The van der Waals surface area contributed by atoms with Gasteiger partial charge in [0.1, 0.15) is 5.82 Å². The van der Waals surface area contributed by atoms with E-state index in [-0.39, 0.29) is 11.7 Å². The average Bonchev–Trinajstić information content (AvgIpc) is 3.12. The van der Waals surface area contributed by atoms with E-state index < -0.39 is 0 Å². The first kappa shape index (κ1) is 12.2. The summed E-state index contributed by atoms with van der Waals surface area (Å²) in [7, 11) is 0. The number of carbonyl (C=O) groups excluding carboxylic acids is 1. The monoisotopic (exact) mass is 276 g/mol. The van der Waals surface area contributed by atoms with Crippen LogP contribution in [0.25, 0.3) is 0 Å². The topological polar surface area (TPSA) is 70.7 Å². The summed E-state index contributed by atoms with van der Waals surface area (Å²) in [4.78, 5) is 16.2. The number of H-pyrrole nitrogens is 1. The highest BCUT2D eigenvalue weighted by Crippen LogP contribution is 2.37. The second-order valence-corrected chi connectivity index (χ2v) is 5.09. The fourth-order valence-electron chi connectivity index (χ4n) is 1.84. The van der Waals surface area contributed by atoms with Crippen LogP contribution in [-0.2, 0) is 0 Å². The number of aromatic amines is 1. The third kappa shape index (κ3) is 2.46. The first-order valence-corrected chi connectivity index (χ1v) is 6.51. The van der Waals surface area contributed by atoms with Gasteiger partial charge in [0.2, 0.25) is 5.82 Å². The molecule has 1 saturated carbocycles. The summed E-state index contributed by atoms with van der Waals surface area (Å²) in [5, 5.41) is 10.1. The lowest BCUT2D eigenvalue weighted by Crippen LogP contribution is -2.14. The molecule has 1 aliphatic rings. The molecule has 2 aromatic rings. The van der Waals surface area contributed by atoms with Crippen LogP contribution in [0.15, 0.2) is 18.2 Å². The Kier molecular flexibility index (Phi) is 2.98. The highest BCUT2D eigenvalue weighted by atomic mass is 35.5. The minimum Gasteiger partial charge on any atom is -0.319 e. The number of anilines is 1. The summed E-state index contributed by atoms with van der Waals surface area (Å²) in [5.74, 6) is 1.09. The number of carbonyl (C=O) groups is 1. The summed E-state index contributed by atoms with van der Waals surface area (Å²) in [6.45, 7) is 1.85. The standard InChI is InChI=1S/C13H13ClN4O/c1-7-9(14)3-2-4-10(7)15-13(19)12-16-11(17-18-12)8-5-6-8/h2-4,8H,5-6H2,1H3,(H,15,19)(H,16,17,18). The quantitative estimate of drug-likeness (QED) is 0.905. The maximum Gasteiger partial charge on any atom is 0.295 e. The molecule has 0 atom stereocenters. The Hall–Kier alpha value is -1.88. The number of benzene rings is 1. The van der Waals surface area contributed by atoms with Crippen molar-refractivity contribution in [2.45, 2.75) is 25.7 Å². The van der Waals surface area contributed by atoms with Crippen molar-refractivity contribution in [1.82, 2.24) is 15.2 Å². The zero-order valence-electron chi connectivity index (χ0n) is 10.4. The first-order valence-electron chi connectivity index (χ1n) is 6.14. The Bertz CT molecular complexity index is 633. The molecule has 0 unspecified atom stereocenters. The number of aromatic nitrogens is 3. The molecular weight excluding hydrogens is 264 g/mol. The lowest BCUT2D eigenvalue weighted by atomic mass is 10.2. The molecule has 1 aliphatic carbocycles. The van der Waals surface area contributed by atoms with Crippen LogP contribution in [-0.4, -0.2) is 21.1 Å². The van der Waals surface area contributed by atoms with Crippen molar-refractivity contribution in [3.63, 3.8) is 0 Å². The summed E-state index contributed by atoms with van der Waals surface area (Å²) < 4.78 is 0. The van der Waals surface area contributed by atoms with E-state index in [1.807, 2.05) is 6.92 Å². The van der Waals surface area contributed by atoms with Crippen molar-refractivity contribution in [2.75, 3.05) is 5.32 Å². The molecule has 1 aromatic carbocycles. The van der Waals surface area contributed by atoms with Gasteiger partial charge in [0, 0.05) is 16.6 Å². The van der Waals surface area contributed by atoms with Crippen molar-refractivity contribution >= 4 is 23.2 Å². The predicted molar refractivity (Wildman–Crippen MR) is 72.5 cm³/mol. The second kappa shape index (κ2) is 4.66. The summed E-state index contributed by atoms with van der Waals surface area (Å²) >= 11 is 6.01. The van der Waals surface area contributed by atoms with E-state index >= 15 is 0 Å². The largest absolute Gasteiger partial charge is 0.319 e. The van der Waals surface area contributed by atoms with Gasteiger partial charge in [-0.05, 0) is 37.5 Å². The molecule has 0 aliphatic heterocycles. The minimum absolute atomic E-state index is 0.168. The van der Waals surface area contributed by atoms with E-state index in [2.05, 4.69) is 20.5 Å². The lowest BCUT2D eigenvalue weighted by molar-refractivity contribution is 0.101. The number of hydrogen-bond donors (Lipinski definition) is 2. The van der Waals surface area contributed by atoms with Crippen LogP contribution in [0.3, 0.4) is 0 Å². The number of hydrogen-bond acceptors (Lipinski definition) is 3. The molecule has 1 heterocycles. The van der Waals surface area contributed by atoms with Crippen molar-refractivity contribution in [2.24, 2.45) is 0 Å². The Balaban J connectivity index is 1.78. The smallest absolute Gasteiger partial charge is 0.295 e. The molecule has 1 aromatic heterocycles. The fourth-order valence-corrected chi connectivity index (χ4v) is 2.01. The van der Waals surface area contributed by atoms with Gasteiger partial charge in [-0.2, -0.15) is 0 Å². The molecule has 1 fully saturated rings. The first-order chi connectivity index (χ1) is 9.15. The van der Waals surface area contributed by atoms with Gasteiger partial charge in [0.15, 0.2) is 0 Å². The summed E-state index contributed by atoms with van der Waals surface area (Å²) in [5.41, 5.74) is 1.51. The van der Waals surface area contributed by atoms with Crippen LogP contribution in [0.2, 0.25) is 5.02 Å². The van der Waals surface area contributed by atoms with Crippen molar-refractivity contribution in [3.05, 3.63) is 40.4 Å². The number of nitrogens with zero attached hydrogens (tertiary/aromatic N) is 2. The maximum atomic E-state index is 12.0. The van der Waals surface area contributed by atoms with E-state index in [0.29, 0.717) is 16.6 Å². The van der Waals surface area contributed by atoms with Gasteiger partial charge in [-0.1, -0.05) is 17.7 Å². The zero-order chi connectivity index (χ0) is 13.4. The van der Waals surface area contributed by atoms with E-state index in [9.17, 15) is 4.79 Å². The molecule has 19 heavy (non-hydrogen) atoms. The fraction of sp³-hybridized carbons (Fsp3) is 0.308. The van der Waals surface area contributed by atoms with Gasteiger partial charge in [-0.25, -0.2) is 4.98 Å². The summed E-state index contributed by atoms with van der Waals surface area (Å²) in [6.07, 6.45) is 2.23. The third-order valence-corrected chi connectivity index (χ3v) is 3.60. The van der Waals surface area contributed by atoms with Crippen LogP contribution < -0.4 is 5.32 Å². The summed E-state index contributed by atoms with van der Waals surface area (Å²) in [6, 6.07) is 5.37. The molecular formula is C13H13ClN4O. The van der Waals surface area contributed by atoms with Crippen LogP contribution >= 0.6 is 11.6 Å². The van der Waals surface area contributed by atoms with E-state index in [4.69, 9.17) is 11.6 Å². The zero-order valence-corrected chi connectivity index (χ0v) is 11.2. The molecule has 2 N–H and O–H groups in total. The molecule has 6 heteroatoms. The van der Waals surface area contributed by atoms with Crippen LogP contribution in [0.4, 0.5) is 5.69 Å². The molecule has 0 bridgehead atoms. The molecule has 0 saturated heterocycles. The Morgan fingerprint density at radius 2 is 2.26 bits per heavy atom. The van der Waals surface area contributed by atoms with Gasteiger partial charge in [0.25, 0.3) is 5.91 Å². The van der Waals surface area contributed by atoms with Gasteiger partial charge in [-0.3, -0.25) is 9.89 Å². The molecule has 5 nitrogen and oxygen atoms in total. The highest BCUT2D eigenvalue weighted by molar-refractivity contribution is 6.31. The molecule has 98 valence electrons. The van der Waals surface area contributed by atoms with Crippen molar-refractivity contribution in [3.8, 4) is 0 Å². The molecule has 1 amide bonds. The highest BCUT2D eigenvalue weighted by Gasteiger charge is 2.28. The molecule has 3 rings (SSSR count).